The zero-order valence-corrected chi connectivity index (χ0v) is 18.4. The summed E-state index contributed by atoms with van der Waals surface area (Å²) < 4.78 is 11.6. The van der Waals surface area contributed by atoms with E-state index in [2.05, 4.69) is 15.3 Å². The number of carbonyl (C=O) groups is 1. The number of halogens is 1. The Morgan fingerprint density at radius 2 is 1.73 bits per heavy atom. The van der Waals surface area contributed by atoms with Crippen molar-refractivity contribution in [1.29, 1.82) is 0 Å². The van der Waals surface area contributed by atoms with Crippen LogP contribution in [0.4, 0.5) is 0 Å². The molecular formula is C22H28ClN3O4. The fourth-order valence-electron chi connectivity index (χ4n) is 2.88. The molecule has 30 heavy (non-hydrogen) atoms. The number of nitrogens with one attached hydrogen (secondary N) is 3. The highest BCUT2D eigenvalue weighted by Crippen LogP contribution is 2.24. The van der Waals surface area contributed by atoms with Crippen LogP contribution in [-0.4, -0.2) is 40.7 Å². The Labute approximate surface area is 181 Å². The van der Waals surface area contributed by atoms with E-state index in [4.69, 9.17) is 9.47 Å². The third-order valence-corrected chi connectivity index (χ3v) is 4.42. The van der Waals surface area contributed by atoms with Gasteiger partial charge in [0, 0.05) is 12.1 Å². The van der Waals surface area contributed by atoms with Gasteiger partial charge in [-0.05, 0) is 51.5 Å². The van der Waals surface area contributed by atoms with Crippen molar-refractivity contribution in [3.8, 4) is 5.75 Å². The lowest BCUT2D eigenvalue weighted by atomic mass is 10.1. The summed E-state index contributed by atoms with van der Waals surface area (Å²) in [6.07, 6.45) is -0.510. The molecule has 0 aliphatic heterocycles. The summed E-state index contributed by atoms with van der Waals surface area (Å²) in [5.74, 6) is 0.125. The predicted octanol–water partition coefficient (Wildman–Crippen LogP) is 3.58. The van der Waals surface area contributed by atoms with Crippen LogP contribution < -0.4 is 15.7 Å². The Hall–Kier alpha value is -2.77. The summed E-state index contributed by atoms with van der Waals surface area (Å²) in [6, 6.07) is 12.5. The third kappa shape index (κ3) is 6.11. The lowest BCUT2D eigenvalue weighted by molar-refractivity contribution is 0.0162. The molecule has 0 spiro atoms. The molecule has 3 aromatic rings. The van der Waals surface area contributed by atoms with Crippen molar-refractivity contribution in [2.45, 2.75) is 39.3 Å². The van der Waals surface area contributed by atoms with Crippen LogP contribution in [0.3, 0.4) is 0 Å². The van der Waals surface area contributed by atoms with Crippen molar-refractivity contribution < 1.29 is 14.3 Å². The lowest BCUT2D eigenvalue weighted by Crippen LogP contribution is -2.44. The van der Waals surface area contributed by atoms with Gasteiger partial charge in [-0.25, -0.2) is 9.59 Å². The van der Waals surface area contributed by atoms with Gasteiger partial charge in [-0.3, -0.25) is 0 Å². The standard InChI is InChI=1S/C22H27N3O4.ClH/c1-14-10-11-17(19-18(14)24-21(27)25-19)28-13-16(12-23-22(2,3)4)29-20(26)15-8-6-5-7-9-15;/h5-11,16,23H,12-13H2,1-4H3,(H2,24,25,27);1H. The fourth-order valence-corrected chi connectivity index (χ4v) is 2.88. The first-order valence-electron chi connectivity index (χ1n) is 9.58. The van der Waals surface area contributed by atoms with Gasteiger partial charge >= 0.3 is 11.7 Å². The second-order valence-corrected chi connectivity index (χ2v) is 8.04. The Morgan fingerprint density at radius 1 is 1.07 bits per heavy atom. The van der Waals surface area contributed by atoms with Crippen molar-refractivity contribution in [2.24, 2.45) is 0 Å². The smallest absolute Gasteiger partial charge is 0.338 e. The maximum Gasteiger partial charge on any atom is 0.338 e. The number of aryl methyl sites for hydroxylation is 1. The van der Waals surface area contributed by atoms with Crippen molar-refractivity contribution in [2.75, 3.05) is 13.2 Å². The molecule has 0 amide bonds. The largest absolute Gasteiger partial charge is 0.487 e. The molecule has 162 valence electrons. The second-order valence-electron chi connectivity index (χ2n) is 8.04. The summed E-state index contributed by atoms with van der Waals surface area (Å²) in [7, 11) is 0. The number of esters is 1. The molecule has 0 saturated carbocycles. The maximum atomic E-state index is 12.5. The van der Waals surface area contributed by atoms with Gasteiger partial charge in [0.1, 0.15) is 24.0 Å². The highest BCUT2D eigenvalue weighted by atomic mass is 35.5. The number of imidazole rings is 1. The van der Waals surface area contributed by atoms with Crippen LogP contribution in [0.15, 0.2) is 47.3 Å². The predicted molar refractivity (Wildman–Crippen MR) is 120 cm³/mol. The van der Waals surface area contributed by atoms with Crippen LogP contribution in [0.2, 0.25) is 0 Å². The summed E-state index contributed by atoms with van der Waals surface area (Å²) >= 11 is 0. The number of hydrogen-bond donors (Lipinski definition) is 3. The van der Waals surface area contributed by atoms with Gasteiger partial charge in [-0.1, -0.05) is 24.3 Å². The van der Waals surface area contributed by atoms with E-state index in [1.54, 1.807) is 30.3 Å². The van der Waals surface area contributed by atoms with E-state index in [1.165, 1.54) is 0 Å². The van der Waals surface area contributed by atoms with Crippen molar-refractivity contribution in [3.05, 3.63) is 64.1 Å². The van der Waals surface area contributed by atoms with Gasteiger partial charge in [-0.2, -0.15) is 0 Å². The normalized spacial score (nSPS) is 12.3. The average molecular weight is 434 g/mol. The van der Waals surface area contributed by atoms with Crippen molar-refractivity contribution >= 4 is 29.4 Å². The van der Waals surface area contributed by atoms with Gasteiger partial charge in [-0.15, -0.1) is 12.4 Å². The van der Waals surface area contributed by atoms with Crippen LogP contribution in [0.25, 0.3) is 11.0 Å². The molecule has 0 aliphatic rings. The molecule has 3 N–H and O–H groups in total. The zero-order valence-electron chi connectivity index (χ0n) is 17.6. The minimum atomic E-state index is -0.510. The second kappa shape index (κ2) is 9.82. The fraction of sp³-hybridized carbons (Fsp3) is 0.364. The first-order valence-corrected chi connectivity index (χ1v) is 9.58. The number of benzene rings is 2. The molecule has 1 aromatic heterocycles. The Bertz CT molecular complexity index is 1040. The summed E-state index contributed by atoms with van der Waals surface area (Å²) in [6.45, 7) is 8.61. The van der Waals surface area contributed by atoms with Crippen LogP contribution in [0.1, 0.15) is 36.7 Å². The molecule has 1 atom stereocenters. The zero-order chi connectivity index (χ0) is 21.0. The Morgan fingerprint density at radius 3 is 2.40 bits per heavy atom. The molecule has 2 aromatic carbocycles. The molecule has 0 fully saturated rings. The Kier molecular flexibility index (Phi) is 7.70. The average Bonchev–Trinajstić information content (AvgIpc) is 3.07. The monoisotopic (exact) mass is 433 g/mol. The highest BCUT2D eigenvalue weighted by Gasteiger charge is 2.20. The number of aromatic nitrogens is 2. The molecule has 1 unspecified atom stereocenters. The van der Waals surface area contributed by atoms with Crippen LogP contribution in [-0.2, 0) is 4.74 Å². The van der Waals surface area contributed by atoms with E-state index in [0.717, 1.165) is 5.56 Å². The number of ether oxygens (including phenoxy) is 2. The van der Waals surface area contributed by atoms with E-state index in [-0.39, 0.29) is 30.2 Å². The van der Waals surface area contributed by atoms with Gasteiger partial charge in [0.25, 0.3) is 0 Å². The minimum Gasteiger partial charge on any atom is -0.487 e. The van der Waals surface area contributed by atoms with E-state index in [0.29, 0.717) is 28.9 Å². The number of hydrogen-bond acceptors (Lipinski definition) is 5. The summed E-state index contributed by atoms with van der Waals surface area (Å²) in [5.41, 5.74) is 2.30. The van der Waals surface area contributed by atoms with E-state index in [1.807, 2.05) is 39.8 Å². The SMILES string of the molecule is Cc1ccc(OCC(CNC(C)(C)C)OC(=O)c2ccccc2)c2[nH]c(=O)[nH]c12.Cl. The minimum absolute atomic E-state index is 0. The lowest BCUT2D eigenvalue weighted by Gasteiger charge is -2.25. The quantitative estimate of drug-likeness (QED) is 0.495. The van der Waals surface area contributed by atoms with Crippen LogP contribution in [0, 0.1) is 6.92 Å². The van der Waals surface area contributed by atoms with E-state index in [9.17, 15) is 9.59 Å². The first-order chi connectivity index (χ1) is 13.7. The van der Waals surface area contributed by atoms with Gasteiger partial charge in [0.15, 0.2) is 0 Å². The van der Waals surface area contributed by atoms with E-state index >= 15 is 0 Å². The van der Waals surface area contributed by atoms with Crippen LogP contribution >= 0.6 is 12.4 Å². The molecule has 8 heteroatoms. The summed E-state index contributed by atoms with van der Waals surface area (Å²) in [4.78, 5) is 29.7. The molecular weight excluding hydrogens is 406 g/mol. The Balaban J connectivity index is 0.00000320. The topological polar surface area (TPSA) is 96.2 Å². The molecule has 1 heterocycles. The maximum absolute atomic E-state index is 12.5. The summed E-state index contributed by atoms with van der Waals surface area (Å²) in [5, 5.41) is 3.34. The molecule has 0 aliphatic carbocycles. The molecule has 3 rings (SSSR count). The number of H-pyrrole nitrogens is 2. The van der Waals surface area contributed by atoms with Crippen molar-refractivity contribution in [1.82, 2.24) is 15.3 Å². The third-order valence-electron chi connectivity index (χ3n) is 4.42. The van der Waals surface area contributed by atoms with E-state index < -0.39 is 12.1 Å². The highest BCUT2D eigenvalue weighted by molar-refractivity contribution is 5.89. The first kappa shape index (κ1) is 23.5. The number of fused-ring (bicyclic) bond motifs is 1. The number of carbonyl (C=O) groups excluding carboxylic acids is 1. The number of aromatic amines is 2. The molecule has 0 bridgehead atoms. The molecule has 7 nitrogen and oxygen atoms in total. The van der Waals surface area contributed by atoms with Gasteiger partial charge in [0.05, 0.1) is 11.1 Å². The van der Waals surface area contributed by atoms with Crippen LogP contribution in [0.5, 0.6) is 5.75 Å². The number of rotatable bonds is 7. The van der Waals surface area contributed by atoms with Gasteiger partial charge < -0.3 is 24.8 Å². The van der Waals surface area contributed by atoms with Gasteiger partial charge in [0.2, 0.25) is 0 Å². The molecule has 0 radical (unpaired) electrons. The van der Waals surface area contributed by atoms with Crippen molar-refractivity contribution in [3.63, 3.8) is 0 Å². The molecule has 0 saturated heterocycles.